The third-order valence-electron chi connectivity index (χ3n) is 6.47. The quantitative estimate of drug-likeness (QED) is 0.437. The molecule has 0 radical (unpaired) electrons. The Bertz CT molecular complexity index is 1410. The van der Waals surface area contributed by atoms with E-state index in [1.807, 2.05) is 0 Å². The van der Waals surface area contributed by atoms with E-state index >= 15 is 0 Å². The van der Waals surface area contributed by atoms with Gasteiger partial charge in [0.2, 0.25) is 5.91 Å². The number of aliphatic imine (C=N–C) groups is 1. The van der Waals surface area contributed by atoms with Crippen LogP contribution >= 0.6 is 11.6 Å². The topological polar surface area (TPSA) is 65.0 Å². The number of amidine groups is 1. The van der Waals surface area contributed by atoms with Gasteiger partial charge in [-0.15, -0.1) is 0 Å². The minimum Gasteiger partial charge on any atom is -0.353 e. The van der Waals surface area contributed by atoms with E-state index < -0.39 is 35.7 Å². The fourth-order valence-corrected chi connectivity index (χ4v) is 4.91. The number of hydrogen-bond acceptors (Lipinski definition) is 3. The van der Waals surface area contributed by atoms with Crippen molar-refractivity contribution in [1.29, 1.82) is 0 Å². The highest BCUT2D eigenvalue weighted by Gasteiger charge is 2.45. The molecule has 0 bridgehead atoms. The van der Waals surface area contributed by atoms with Crippen LogP contribution in [-0.2, 0) is 11.0 Å². The number of carbonyl (C=O) groups excluding carboxylic acids is 2. The van der Waals surface area contributed by atoms with Crippen LogP contribution in [0.15, 0.2) is 77.8 Å². The van der Waals surface area contributed by atoms with Crippen molar-refractivity contribution in [3.63, 3.8) is 0 Å². The molecule has 0 spiro atoms. The molecule has 0 aliphatic carbocycles. The smallest absolute Gasteiger partial charge is 0.353 e. The van der Waals surface area contributed by atoms with Gasteiger partial charge in [-0.25, -0.2) is 9.18 Å². The van der Waals surface area contributed by atoms with Gasteiger partial charge in [-0.3, -0.25) is 14.7 Å². The van der Waals surface area contributed by atoms with Crippen LogP contribution in [0.2, 0.25) is 5.02 Å². The van der Waals surface area contributed by atoms with Crippen molar-refractivity contribution in [1.82, 2.24) is 15.1 Å². The lowest BCUT2D eigenvalue weighted by atomic mass is 9.93. The van der Waals surface area contributed by atoms with Gasteiger partial charge >= 0.3 is 12.2 Å². The molecule has 196 valence electrons. The highest BCUT2D eigenvalue weighted by atomic mass is 35.5. The van der Waals surface area contributed by atoms with Gasteiger partial charge in [0, 0.05) is 18.7 Å². The van der Waals surface area contributed by atoms with Gasteiger partial charge in [0.05, 0.1) is 16.6 Å². The van der Waals surface area contributed by atoms with E-state index in [9.17, 15) is 27.2 Å². The first kappa shape index (κ1) is 25.7. The maximum Gasteiger partial charge on any atom is 0.416 e. The van der Waals surface area contributed by atoms with Gasteiger partial charge in [-0.1, -0.05) is 48.0 Å². The average molecular weight is 545 g/mol. The Morgan fingerprint density at radius 2 is 1.74 bits per heavy atom. The van der Waals surface area contributed by atoms with Gasteiger partial charge in [0.25, 0.3) is 0 Å². The van der Waals surface area contributed by atoms with Crippen LogP contribution in [0.3, 0.4) is 0 Å². The third-order valence-corrected chi connectivity index (χ3v) is 6.80. The van der Waals surface area contributed by atoms with Crippen molar-refractivity contribution in [2.45, 2.75) is 18.3 Å². The summed E-state index contributed by atoms with van der Waals surface area (Å²) in [6, 6.07) is 14.5. The normalized spacial score (nSPS) is 19.8. The number of alkyl halides is 3. The predicted molar refractivity (Wildman–Crippen MR) is 133 cm³/mol. The molecule has 1 fully saturated rings. The van der Waals surface area contributed by atoms with Gasteiger partial charge < -0.3 is 10.2 Å². The lowest BCUT2D eigenvalue weighted by Crippen LogP contribution is -2.55. The molecule has 0 aromatic heterocycles. The maximum absolute atomic E-state index is 14.4. The molecule has 2 unspecified atom stereocenters. The second-order valence-corrected chi connectivity index (χ2v) is 9.33. The van der Waals surface area contributed by atoms with Gasteiger partial charge in [0.1, 0.15) is 24.2 Å². The van der Waals surface area contributed by atoms with Crippen LogP contribution < -0.4 is 5.32 Å². The molecule has 3 aromatic rings. The zero-order valence-electron chi connectivity index (χ0n) is 19.8. The van der Waals surface area contributed by atoms with Crippen LogP contribution in [0.5, 0.6) is 0 Å². The lowest BCUT2D eigenvalue weighted by Gasteiger charge is -2.35. The predicted octanol–water partition coefficient (Wildman–Crippen LogP) is 5.59. The molecular weight excluding hydrogens is 524 g/mol. The summed E-state index contributed by atoms with van der Waals surface area (Å²) in [7, 11) is 0. The Kier molecular flexibility index (Phi) is 6.83. The molecule has 0 saturated carbocycles. The summed E-state index contributed by atoms with van der Waals surface area (Å²) in [4.78, 5) is 33.6. The van der Waals surface area contributed by atoms with E-state index in [1.165, 1.54) is 40.1 Å². The molecule has 2 aliphatic rings. The van der Waals surface area contributed by atoms with E-state index in [0.29, 0.717) is 21.7 Å². The summed E-state index contributed by atoms with van der Waals surface area (Å²) >= 11 is 6.49. The van der Waals surface area contributed by atoms with Crippen LogP contribution in [0.4, 0.5) is 22.4 Å². The summed E-state index contributed by atoms with van der Waals surface area (Å²) < 4.78 is 54.1. The molecule has 3 aromatic carbocycles. The van der Waals surface area contributed by atoms with Crippen molar-refractivity contribution in [3.8, 4) is 0 Å². The van der Waals surface area contributed by atoms with Crippen LogP contribution in [-0.4, -0.2) is 47.2 Å². The van der Waals surface area contributed by atoms with Gasteiger partial charge in [-0.2, -0.15) is 13.2 Å². The Balaban J connectivity index is 1.67. The second-order valence-electron chi connectivity index (χ2n) is 8.92. The summed E-state index contributed by atoms with van der Waals surface area (Å²) in [5, 5.41) is 2.97. The van der Waals surface area contributed by atoms with Gasteiger partial charge in [-0.05, 0) is 47.5 Å². The Labute approximate surface area is 220 Å². The number of nitrogens with one attached hydrogen (secondary N) is 1. The van der Waals surface area contributed by atoms with Crippen LogP contribution in [0, 0.1) is 5.82 Å². The molecule has 2 aliphatic heterocycles. The fourth-order valence-electron chi connectivity index (χ4n) is 4.69. The van der Waals surface area contributed by atoms with Gasteiger partial charge in [0.15, 0.2) is 0 Å². The summed E-state index contributed by atoms with van der Waals surface area (Å²) in [6.07, 6.45) is -4.53. The number of halogens is 5. The number of piperazine rings is 1. The molecule has 11 heteroatoms. The first-order chi connectivity index (χ1) is 18.1. The van der Waals surface area contributed by atoms with Crippen LogP contribution in [0.1, 0.15) is 34.3 Å². The molecule has 38 heavy (non-hydrogen) atoms. The number of hydrogen-bond donors (Lipinski definition) is 1. The largest absolute Gasteiger partial charge is 0.416 e. The molecule has 1 saturated heterocycles. The number of benzene rings is 3. The SMILES string of the molecule is O=C1CN(C(=O)N2C(c3ccccc3Cl)=NC(c3ccc(C(F)(F)F)cc3)C2c2cccc(F)c2)CCN1. The van der Waals surface area contributed by atoms with E-state index in [0.717, 1.165) is 12.1 Å². The lowest BCUT2D eigenvalue weighted by molar-refractivity contribution is -0.137. The number of nitrogens with zero attached hydrogens (tertiary/aromatic N) is 3. The zero-order chi connectivity index (χ0) is 27.0. The van der Waals surface area contributed by atoms with Crippen molar-refractivity contribution in [2.75, 3.05) is 19.6 Å². The first-order valence-corrected chi connectivity index (χ1v) is 12.1. The Hall–Kier alpha value is -3.92. The fraction of sp³-hybridized carbons (Fsp3) is 0.222. The van der Waals surface area contributed by atoms with E-state index in [2.05, 4.69) is 5.32 Å². The number of rotatable bonds is 3. The van der Waals surface area contributed by atoms with Crippen molar-refractivity contribution < 1.29 is 27.2 Å². The number of carbonyl (C=O) groups is 2. The number of urea groups is 1. The monoisotopic (exact) mass is 544 g/mol. The standard InChI is InChI=1S/C27H21ClF4N4O2/c28-21-7-2-1-6-20(21)25-34-23(16-8-10-18(11-9-16)27(30,31)32)24(17-4-3-5-19(29)14-17)36(25)26(38)35-13-12-33-22(37)15-35/h1-11,14,23-24H,12-13,15H2,(H,33,37). The molecule has 1 N–H and O–H groups in total. The molecule has 2 heterocycles. The van der Waals surface area contributed by atoms with Crippen molar-refractivity contribution >= 4 is 29.4 Å². The van der Waals surface area contributed by atoms with Crippen molar-refractivity contribution in [2.24, 2.45) is 4.99 Å². The second kappa shape index (κ2) is 10.1. The summed E-state index contributed by atoms with van der Waals surface area (Å²) in [5.41, 5.74) is 0.364. The minimum atomic E-state index is -4.53. The molecular formula is C27H21ClF4N4O2. The highest BCUT2D eigenvalue weighted by molar-refractivity contribution is 6.34. The van der Waals surface area contributed by atoms with E-state index in [-0.39, 0.29) is 31.4 Å². The molecule has 6 nitrogen and oxygen atoms in total. The average Bonchev–Trinajstić information content (AvgIpc) is 3.28. The summed E-state index contributed by atoms with van der Waals surface area (Å²) in [6.45, 7) is 0.299. The summed E-state index contributed by atoms with van der Waals surface area (Å²) in [5.74, 6) is -0.711. The zero-order valence-corrected chi connectivity index (χ0v) is 20.5. The first-order valence-electron chi connectivity index (χ1n) is 11.7. The van der Waals surface area contributed by atoms with E-state index in [1.54, 1.807) is 30.3 Å². The Morgan fingerprint density at radius 1 is 1.00 bits per heavy atom. The molecule has 3 amide bonds. The molecule has 2 atom stereocenters. The maximum atomic E-state index is 14.4. The third kappa shape index (κ3) is 4.96. The van der Waals surface area contributed by atoms with E-state index in [4.69, 9.17) is 16.6 Å². The molecule has 5 rings (SSSR count). The number of amides is 3. The van der Waals surface area contributed by atoms with Crippen molar-refractivity contribution in [3.05, 3.63) is 106 Å². The highest BCUT2D eigenvalue weighted by Crippen LogP contribution is 2.45. The Morgan fingerprint density at radius 3 is 2.39 bits per heavy atom. The van der Waals surface area contributed by atoms with Crippen LogP contribution in [0.25, 0.3) is 0 Å². The minimum absolute atomic E-state index is 0.172.